The molecule has 4 atom stereocenters. The van der Waals surface area contributed by atoms with Crippen LogP contribution in [-0.4, -0.2) is 35.2 Å². The van der Waals surface area contributed by atoms with Crippen LogP contribution in [-0.2, 0) is 19.2 Å². The van der Waals surface area contributed by atoms with Gasteiger partial charge in [0.05, 0.1) is 23.7 Å². The van der Waals surface area contributed by atoms with Gasteiger partial charge in [-0.1, -0.05) is 48.5 Å². The Morgan fingerprint density at radius 1 is 0.526 bits per heavy atom. The molecule has 2 N–H and O–H groups in total. The lowest BCUT2D eigenvalue weighted by molar-refractivity contribution is -0.128. The Hall–Kier alpha value is -3.94. The summed E-state index contributed by atoms with van der Waals surface area (Å²) in [5, 5.41) is 4.75. The van der Waals surface area contributed by atoms with Gasteiger partial charge in [0.1, 0.15) is 0 Å². The van der Waals surface area contributed by atoms with Gasteiger partial charge >= 0.3 is 0 Å². The van der Waals surface area contributed by atoms with Gasteiger partial charge < -0.3 is 0 Å². The third kappa shape index (κ3) is 4.38. The lowest BCUT2D eigenvalue weighted by atomic mass is 9.93. The van der Waals surface area contributed by atoms with Crippen molar-refractivity contribution in [1.29, 1.82) is 0 Å². The highest BCUT2D eigenvalue weighted by Crippen LogP contribution is 2.43. The molecule has 194 valence electrons. The summed E-state index contributed by atoms with van der Waals surface area (Å²) in [6.45, 7) is 0. The van der Waals surface area contributed by atoms with Crippen molar-refractivity contribution in [1.82, 2.24) is 10.6 Å². The summed E-state index contributed by atoms with van der Waals surface area (Å²) in [4.78, 5) is 73.2. The van der Waals surface area contributed by atoms with Crippen molar-refractivity contribution in [3.8, 4) is 11.1 Å². The van der Waals surface area contributed by atoms with Crippen LogP contribution in [0, 0.1) is 35.5 Å². The lowest BCUT2D eigenvalue weighted by Gasteiger charge is -2.11. The Morgan fingerprint density at radius 2 is 0.816 bits per heavy atom. The van der Waals surface area contributed by atoms with Crippen molar-refractivity contribution in [2.45, 2.75) is 38.5 Å². The zero-order chi connectivity index (χ0) is 26.6. The fourth-order valence-corrected chi connectivity index (χ4v) is 6.85. The Morgan fingerprint density at radius 3 is 1.11 bits per heavy atom. The summed E-state index contributed by atoms with van der Waals surface area (Å²) in [6, 6.07) is 14.7. The molecule has 38 heavy (non-hydrogen) atoms. The monoisotopic (exact) mass is 512 g/mol. The predicted molar refractivity (Wildman–Crippen MR) is 135 cm³/mol. The molecule has 2 aliphatic heterocycles. The van der Waals surface area contributed by atoms with Crippen molar-refractivity contribution >= 4 is 35.2 Å². The lowest BCUT2D eigenvalue weighted by Crippen LogP contribution is -2.24. The number of nitrogens with one attached hydrogen (secondary N) is 2. The number of hydrogen-bond acceptors (Lipinski definition) is 6. The maximum Gasteiger partial charge on any atom is 0.230 e. The molecule has 4 fully saturated rings. The number of carbonyl (C=O) groups excluding carboxylic acids is 6. The van der Waals surface area contributed by atoms with Crippen molar-refractivity contribution in [2.75, 3.05) is 0 Å². The second kappa shape index (κ2) is 9.42. The highest BCUT2D eigenvalue weighted by molar-refractivity contribution is 6.06. The maximum absolute atomic E-state index is 12.8. The van der Waals surface area contributed by atoms with Crippen LogP contribution < -0.4 is 10.6 Å². The number of hydrogen-bond donors (Lipinski definition) is 2. The molecule has 0 spiro atoms. The zero-order valence-electron chi connectivity index (χ0n) is 20.8. The Labute approximate surface area is 219 Å². The highest BCUT2D eigenvalue weighted by Gasteiger charge is 2.49. The Bertz CT molecular complexity index is 1210. The van der Waals surface area contributed by atoms with Crippen LogP contribution in [0.3, 0.4) is 0 Å². The second-order valence-electron chi connectivity index (χ2n) is 11.2. The van der Waals surface area contributed by atoms with E-state index in [0.717, 1.165) is 11.1 Å². The summed E-state index contributed by atoms with van der Waals surface area (Å²) in [5.41, 5.74) is 3.04. The third-order valence-electron chi connectivity index (χ3n) is 8.86. The van der Waals surface area contributed by atoms with E-state index < -0.39 is 0 Å². The van der Waals surface area contributed by atoms with Crippen molar-refractivity contribution in [3.05, 3.63) is 59.7 Å². The van der Waals surface area contributed by atoms with Crippen molar-refractivity contribution in [3.63, 3.8) is 0 Å². The Kier molecular flexibility index (Phi) is 6.05. The summed E-state index contributed by atoms with van der Waals surface area (Å²) >= 11 is 0. The predicted octanol–water partition coefficient (Wildman–Crippen LogP) is 3.10. The molecule has 8 heteroatoms. The number of rotatable bonds is 7. The molecule has 0 radical (unpaired) electrons. The molecular formula is C30H28N2O6. The summed E-state index contributed by atoms with van der Waals surface area (Å²) in [6.07, 6.45) is 2.95. The zero-order valence-corrected chi connectivity index (χ0v) is 20.8. The number of fused-ring (bicyclic) bond motifs is 2. The SMILES string of the molecule is O=C(CC1CC2C(=O)NC(=O)C2C1)c1ccc(-c2ccc(C(=O)CC3CC4C(=O)NC(=O)C4C3)cc2)cc1. The van der Waals surface area contributed by atoms with E-state index in [4.69, 9.17) is 0 Å². The van der Waals surface area contributed by atoms with Crippen LogP contribution >= 0.6 is 0 Å². The van der Waals surface area contributed by atoms with E-state index in [1.165, 1.54) is 0 Å². The van der Waals surface area contributed by atoms with Crippen LogP contribution in [0.25, 0.3) is 11.1 Å². The van der Waals surface area contributed by atoms with E-state index in [1.54, 1.807) is 24.3 Å². The van der Waals surface area contributed by atoms with E-state index in [2.05, 4.69) is 10.6 Å². The molecule has 4 aliphatic rings. The van der Waals surface area contributed by atoms with Crippen molar-refractivity contribution < 1.29 is 28.8 Å². The molecule has 2 aromatic carbocycles. The first-order valence-electron chi connectivity index (χ1n) is 13.2. The van der Waals surface area contributed by atoms with Gasteiger partial charge in [-0.3, -0.25) is 39.4 Å². The largest absolute Gasteiger partial charge is 0.296 e. The van der Waals surface area contributed by atoms with Crippen LogP contribution in [0.1, 0.15) is 59.2 Å². The normalized spacial score (nSPS) is 29.7. The van der Waals surface area contributed by atoms with Gasteiger partial charge in [0.2, 0.25) is 23.6 Å². The van der Waals surface area contributed by atoms with Crippen molar-refractivity contribution in [2.24, 2.45) is 35.5 Å². The number of carbonyl (C=O) groups is 6. The second-order valence-corrected chi connectivity index (χ2v) is 11.2. The number of amides is 4. The van der Waals surface area contributed by atoms with E-state index in [0.29, 0.717) is 49.7 Å². The average Bonchev–Trinajstić information content (AvgIpc) is 3.64. The quantitative estimate of drug-likeness (QED) is 0.434. The molecule has 2 aromatic rings. The van der Waals surface area contributed by atoms with Crippen LogP contribution in [0.5, 0.6) is 0 Å². The molecule has 4 amide bonds. The van der Waals surface area contributed by atoms with Gasteiger partial charge in [0.25, 0.3) is 0 Å². The molecule has 8 nitrogen and oxygen atoms in total. The first-order valence-corrected chi connectivity index (χ1v) is 13.2. The minimum absolute atomic E-state index is 0.00515. The minimum Gasteiger partial charge on any atom is -0.296 e. The van der Waals surface area contributed by atoms with Gasteiger partial charge in [0.15, 0.2) is 11.6 Å². The molecule has 2 heterocycles. The molecule has 0 aromatic heterocycles. The molecule has 2 aliphatic carbocycles. The van der Waals surface area contributed by atoms with Gasteiger partial charge in [0, 0.05) is 24.0 Å². The summed E-state index contributed by atoms with van der Waals surface area (Å²) in [7, 11) is 0. The molecule has 4 unspecified atom stereocenters. The van der Waals surface area contributed by atoms with Crippen LogP contribution in [0.4, 0.5) is 0 Å². The smallest absolute Gasteiger partial charge is 0.230 e. The highest BCUT2D eigenvalue weighted by atomic mass is 16.2. The standard InChI is InChI=1S/C30H28N2O6/c33-25(13-15-9-21-22(10-15)28(36)31-27(21)35)19-5-1-17(2-6-19)18-3-7-20(8-4-18)26(34)14-16-11-23-24(12-16)30(38)32-29(23)37/h1-8,15-16,21-24H,9-14H2,(H,31,35,36)(H,32,37,38). The topological polar surface area (TPSA) is 126 Å². The first kappa shape index (κ1) is 24.4. The number of ketones is 2. The summed E-state index contributed by atoms with van der Waals surface area (Å²) in [5.74, 6) is -1.91. The fourth-order valence-electron chi connectivity index (χ4n) is 6.85. The van der Waals surface area contributed by atoms with E-state index >= 15 is 0 Å². The molecular weight excluding hydrogens is 484 g/mol. The van der Waals surface area contributed by atoms with Gasteiger partial charge in [-0.25, -0.2) is 0 Å². The number of Topliss-reactive ketones (excluding diaryl/α,β-unsaturated/α-hetero) is 2. The maximum atomic E-state index is 12.8. The Balaban J connectivity index is 1.04. The van der Waals surface area contributed by atoms with Gasteiger partial charge in [-0.05, 0) is 48.6 Å². The molecule has 6 rings (SSSR count). The van der Waals surface area contributed by atoms with E-state index in [9.17, 15) is 28.8 Å². The third-order valence-corrected chi connectivity index (χ3v) is 8.86. The van der Waals surface area contributed by atoms with E-state index in [1.807, 2.05) is 24.3 Å². The fraction of sp³-hybridized carbons (Fsp3) is 0.400. The summed E-state index contributed by atoms with van der Waals surface area (Å²) < 4.78 is 0. The van der Waals surface area contributed by atoms with Crippen LogP contribution in [0.2, 0.25) is 0 Å². The van der Waals surface area contributed by atoms with Gasteiger partial charge in [-0.2, -0.15) is 0 Å². The number of imide groups is 2. The van der Waals surface area contributed by atoms with Gasteiger partial charge in [-0.15, -0.1) is 0 Å². The number of benzene rings is 2. The van der Waals surface area contributed by atoms with E-state index in [-0.39, 0.29) is 70.7 Å². The molecule has 0 bridgehead atoms. The van der Waals surface area contributed by atoms with Crippen LogP contribution in [0.15, 0.2) is 48.5 Å². The molecule has 2 saturated carbocycles. The first-order chi connectivity index (χ1) is 18.3. The minimum atomic E-state index is -0.291. The average molecular weight is 513 g/mol. The molecule has 2 saturated heterocycles.